The first-order valence-corrected chi connectivity index (χ1v) is 11.3. The summed E-state index contributed by atoms with van der Waals surface area (Å²) in [5, 5.41) is 8.18. The Morgan fingerprint density at radius 2 is 1.88 bits per heavy atom. The fraction of sp³-hybridized carbons (Fsp3) is 0.261. The molecule has 162 valence electrons. The number of hydrogen-bond acceptors (Lipinski definition) is 6. The summed E-state index contributed by atoms with van der Waals surface area (Å²) in [5.74, 6) is -0.754. The van der Waals surface area contributed by atoms with E-state index in [1.54, 1.807) is 29.4 Å². The van der Waals surface area contributed by atoms with Gasteiger partial charge in [-0.2, -0.15) is 0 Å². The number of fused-ring (bicyclic) bond motifs is 1. The molecule has 1 aliphatic heterocycles. The highest BCUT2D eigenvalue weighted by atomic mass is 32.1. The Balaban J connectivity index is 1.17. The Hall–Kier alpha value is -3.59. The van der Waals surface area contributed by atoms with E-state index in [9.17, 15) is 14.4 Å². The maximum atomic E-state index is 12.9. The van der Waals surface area contributed by atoms with E-state index < -0.39 is 6.04 Å². The first kappa shape index (κ1) is 20.3. The number of carbonyl (C=O) groups is 3. The predicted molar refractivity (Wildman–Crippen MR) is 119 cm³/mol. The van der Waals surface area contributed by atoms with Crippen molar-refractivity contribution in [3.8, 4) is 11.3 Å². The maximum absolute atomic E-state index is 12.9. The molecule has 2 aromatic heterocycles. The number of aromatic nitrogens is 2. The van der Waals surface area contributed by atoms with Crippen molar-refractivity contribution in [2.24, 2.45) is 0 Å². The first-order chi connectivity index (χ1) is 15.6. The summed E-state index contributed by atoms with van der Waals surface area (Å²) in [6, 6.07) is 10.4. The summed E-state index contributed by atoms with van der Waals surface area (Å²) in [7, 11) is 0. The fourth-order valence-corrected chi connectivity index (χ4v) is 4.62. The van der Waals surface area contributed by atoms with Gasteiger partial charge < -0.3 is 15.5 Å². The van der Waals surface area contributed by atoms with Crippen molar-refractivity contribution < 1.29 is 14.4 Å². The van der Waals surface area contributed by atoms with E-state index in [2.05, 4.69) is 20.6 Å². The zero-order chi connectivity index (χ0) is 22.1. The van der Waals surface area contributed by atoms with Crippen molar-refractivity contribution in [3.05, 3.63) is 70.3 Å². The zero-order valence-electron chi connectivity index (χ0n) is 17.2. The molecule has 1 fully saturated rings. The molecule has 1 unspecified atom stereocenters. The molecule has 1 aliphatic carbocycles. The molecule has 1 atom stereocenters. The van der Waals surface area contributed by atoms with Gasteiger partial charge >= 0.3 is 0 Å². The van der Waals surface area contributed by atoms with Crippen LogP contribution in [0.5, 0.6) is 0 Å². The third-order valence-electron chi connectivity index (χ3n) is 5.57. The molecule has 9 heteroatoms. The van der Waals surface area contributed by atoms with Gasteiger partial charge in [0.2, 0.25) is 11.8 Å². The van der Waals surface area contributed by atoms with Gasteiger partial charge in [-0.3, -0.25) is 19.4 Å². The average molecular weight is 448 g/mol. The minimum atomic E-state index is -0.680. The number of carbonyl (C=O) groups excluding carboxylic acids is 3. The normalized spacial score (nSPS) is 17.2. The molecule has 1 saturated carbocycles. The van der Waals surface area contributed by atoms with E-state index in [0.717, 1.165) is 29.1 Å². The van der Waals surface area contributed by atoms with Crippen molar-refractivity contribution in [1.29, 1.82) is 0 Å². The van der Waals surface area contributed by atoms with E-state index >= 15 is 0 Å². The summed E-state index contributed by atoms with van der Waals surface area (Å²) in [6.45, 7) is 0.121. The minimum absolute atomic E-state index is 0.0963. The van der Waals surface area contributed by atoms with Crippen molar-refractivity contribution >= 4 is 29.1 Å². The summed E-state index contributed by atoms with van der Waals surface area (Å²) in [5.41, 5.74) is 3.07. The lowest BCUT2D eigenvalue weighted by molar-refractivity contribution is -0.129. The Bertz CT molecular complexity index is 1180. The molecule has 3 heterocycles. The second-order valence-electron chi connectivity index (χ2n) is 7.79. The van der Waals surface area contributed by atoms with Gasteiger partial charge in [-0.1, -0.05) is 18.2 Å². The Labute approximate surface area is 188 Å². The number of amides is 3. The Morgan fingerprint density at radius 3 is 2.66 bits per heavy atom. The summed E-state index contributed by atoms with van der Waals surface area (Å²) in [6.07, 6.45) is 5.22. The molecule has 1 aromatic carbocycles. The topological polar surface area (TPSA) is 104 Å². The lowest BCUT2D eigenvalue weighted by Crippen LogP contribution is -2.43. The lowest BCUT2D eigenvalue weighted by Gasteiger charge is -2.24. The monoisotopic (exact) mass is 447 g/mol. The molecular formula is C23H21N5O3S. The molecule has 5 rings (SSSR count). The van der Waals surface area contributed by atoms with E-state index in [4.69, 9.17) is 0 Å². The summed E-state index contributed by atoms with van der Waals surface area (Å²) in [4.78, 5) is 48.2. The molecule has 32 heavy (non-hydrogen) atoms. The molecule has 0 spiro atoms. The average Bonchev–Trinajstić information content (AvgIpc) is 3.47. The van der Waals surface area contributed by atoms with Crippen LogP contribution >= 0.6 is 11.3 Å². The lowest BCUT2D eigenvalue weighted by atomic mass is 10.0. The van der Waals surface area contributed by atoms with Crippen LogP contribution in [0.15, 0.2) is 54.2 Å². The van der Waals surface area contributed by atoms with Crippen LogP contribution in [0, 0.1) is 0 Å². The molecule has 2 aliphatic rings. The number of rotatable bonds is 7. The van der Waals surface area contributed by atoms with E-state index in [1.165, 1.54) is 11.3 Å². The molecule has 8 nitrogen and oxygen atoms in total. The van der Waals surface area contributed by atoms with Gasteiger partial charge in [0.05, 0.1) is 18.8 Å². The van der Waals surface area contributed by atoms with Gasteiger partial charge in [0, 0.05) is 34.9 Å². The Kier molecular flexibility index (Phi) is 5.40. The number of nitrogens with zero attached hydrogens (tertiary/aromatic N) is 3. The second-order valence-corrected chi connectivity index (χ2v) is 8.73. The standard InChI is InChI=1S/C23H21N5O3S/c29-19(25-12-20-27-18(13-32-20)14-7-9-24-10-8-14)11-26-22(30)21-16-3-1-2-4-17(16)23(31)28(21)15-5-6-15/h1-4,7-10,13,15,21H,5-6,11-12H2,(H,25,29)(H,26,30). The molecule has 3 aromatic rings. The quantitative estimate of drug-likeness (QED) is 0.578. The van der Waals surface area contributed by atoms with Gasteiger partial charge in [0.15, 0.2) is 0 Å². The highest BCUT2D eigenvalue weighted by Crippen LogP contribution is 2.41. The number of thiazole rings is 1. The second kappa shape index (κ2) is 8.51. The van der Waals surface area contributed by atoms with E-state index in [1.807, 2.05) is 29.6 Å². The molecule has 0 bridgehead atoms. The van der Waals surface area contributed by atoms with E-state index in [-0.39, 0.29) is 36.9 Å². The summed E-state index contributed by atoms with van der Waals surface area (Å²) < 4.78 is 0. The number of hydrogen-bond donors (Lipinski definition) is 2. The van der Waals surface area contributed by atoms with Gasteiger partial charge in [-0.05, 0) is 36.6 Å². The van der Waals surface area contributed by atoms with Gasteiger partial charge in [-0.25, -0.2) is 4.98 Å². The van der Waals surface area contributed by atoms with Crippen molar-refractivity contribution in [3.63, 3.8) is 0 Å². The van der Waals surface area contributed by atoms with Crippen LogP contribution in [0.3, 0.4) is 0 Å². The highest BCUT2D eigenvalue weighted by molar-refractivity contribution is 7.09. The largest absolute Gasteiger partial charge is 0.348 e. The van der Waals surface area contributed by atoms with Crippen LogP contribution in [0.1, 0.15) is 39.8 Å². The Morgan fingerprint density at radius 1 is 1.09 bits per heavy atom. The minimum Gasteiger partial charge on any atom is -0.348 e. The van der Waals surface area contributed by atoms with E-state index in [0.29, 0.717) is 11.1 Å². The van der Waals surface area contributed by atoms with Crippen LogP contribution in [0.2, 0.25) is 0 Å². The number of benzene rings is 1. The van der Waals surface area contributed by atoms with Crippen LogP contribution in [-0.2, 0) is 16.1 Å². The molecule has 0 saturated heterocycles. The molecule has 0 radical (unpaired) electrons. The van der Waals surface area contributed by atoms with Crippen LogP contribution in [0.4, 0.5) is 0 Å². The first-order valence-electron chi connectivity index (χ1n) is 10.4. The number of pyridine rings is 1. The van der Waals surface area contributed by atoms with Crippen molar-refractivity contribution in [2.75, 3.05) is 6.54 Å². The zero-order valence-corrected chi connectivity index (χ0v) is 18.0. The van der Waals surface area contributed by atoms with Crippen LogP contribution < -0.4 is 10.6 Å². The highest BCUT2D eigenvalue weighted by Gasteiger charge is 2.47. The SMILES string of the molecule is O=C(CNC(=O)C1c2ccccc2C(=O)N1C1CC1)NCc1nc(-c2ccncc2)cs1. The van der Waals surface area contributed by atoms with Crippen molar-refractivity contribution in [2.45, 2.75) is 31.5 Å². The van der Waals surface area contributed by atoms with Crippen LogP contribution in [0.25, 0.3) is 11.3 Å². The fourth-order valence-electron chi connectivity index (χ4n) is 3.88. The third-order valence-corrected chi connectivity index (χ3v) is 6.42. The molecule has 2 N–H and O–H groups in total. The van der Waals surface area contributed by atoms with Crippen LogP contribution in [-0.4, -0.2) is 45.2 Å². The maximum Gasteiger partial charge on any atom is 0.255 e. The third kappa shape index (κ3) is 3.99. The smallest absolute Gasteiger partial charge is 0.255 e. The molecular weight excluding hydrogens is 426 g/mol. The van der Waals surface area contributed by atoms with Gasteiger partial charge in [0.1, 0.15) is 11.0 Å². The summed E-state index contributed by atoms with van der Waals surface area (Å²) >= 11 is 1.46. The predicted octanol–water partition coefficient (Wildman–Crippen LogP) is 2.30. The number of nitrogens with one attached hydrogen (secondary N) is 2. The van der Waals surface area contributed by atoms with Gasteiger partial charge in [-0.15, -0.1) is 11.3 Å². The van der Waals surface area contributed by atoms with Gasteiger partial charge in [0.25, 0.3) is 5.91 Å². The van der Waals surface area contributed by atoms with Crippen molar-refractivity contribution in [1.82, 2.24) is 25.5 Å². The molecule has 3 amide bonds.